The summed E-state index contributed by atoms with van der Waals surface area (Å²) in [5.41, 5.74) is 4.08. The summed E-state index contributed by atoms with van der Waals surface area (Å²) in [6.45, 7) is 2.53. The maximum atomic E-state index is 12.8. The highest BCUT2D eigenvalue weighted by Crippen LogP contribution is 2.31. The molecule has 0 radical (unpaired) electrons. The molecule has 4 rings (SSSR count). The number of aromatic nitrogens is 1. The van der Waals surface area contributed by atoms with Crippen LogP contribution in [0.1, 0.15) is 33.6 Å². The van der Waals surface area contributed by atoms with Gasteiger partial charge in [0.1, 0.15) is 0 Å². The van der Waals surface area contributed by atoms with E-state index in [1.165, 1.54) is 16.9 Å². The van der Waals surface area contributed by atoms with Crippen molar-refractivity contribution in [2.45, 2.75) is 26.2 Å². The van der Waals surface area contributed by atoms with Crippen LogP contribution < -0.4 is 10.2 Å². The van der Waals surface area contributed by atoms with Crippen LogP contribution in [0.25, 0.3) is 16.9 Å². The van der Waals surface area contributed by atoms with Crippen LogP contribution in [0.3, 0.4) is 0 Å². The Balaban J connectivity index is 1.48. The predicted octanol–water partition coefficient (Wildman–Crippen LogP) is 6.28. The summed E-state index contributed by atoms with van der Waals surface area (Å²) in [6.07, 6.45) is 2.93. The van der Waals surface area contributed by atoms with Gasteiger partial charge in [-0.2, -0.15) is 0 Å². The summed E-state index contributed by atoms with van der Waals surface area (Å²) in [7, 11) is 0. The molecule has 0 saturated carbocycles. The van der Waals surface area contributed by atoms with Gasteiger partial charge in [-0.25, -0.2) is 0 Å². The Bertz CT molecular complexity index is 1310. The van der Waals surface area contributed by atoms with Gasteiger partial charge < -0.3 is 5.32 Å². The van der Waals surface area contributed by atoms with Crippen LogP contribution in [0.5, 0.6) is 0 Å². The quantitative estimate of drug-likeness (QED) is 0.304. The fourth-order valence-corrected chi connectivity index (χ4v) is 4.94. The van der Waals surface area contributed by atoms with Crippen LogP contribution in [0.2, 0.25) is 5.02 Å². The molecule has 0 spiro atoms. The number of nitrogens with zero attached hydrogens (tertiary/aromatic N) is 1. The number of aryl methyl sites for hydroxylation is 2. The normalized spacial score (nSPS) is 10.8. The number of carbonyl (C=O) groups is 1. The molecule has 0 aliphatic heterocycles. The fraction of sp³-hybridized carbons (Fsp3) is 0.185. The molecule has 0 fully saturated rings. The molecule has 33 heavy (non-hydrogen) atoms. The highest BCUT2D eigenvalue weighted by atomic mass is 35.5. The molecule has 0 aliphatic carbocycles. The van der Waals surface area contributed by atoms with Gasteiger partial charge in [0.2, 0.25) is 0 Å². The van der Waals surface area contributed by atoms with Crippen molar-refractivity contribution in [3.05, 3.63) is 110 Å². The third kappa shape index (κ3) is 5.44. The van der Waals surface area contributed by atoms with Crippen LogP contribution in [0.15, 0.2) is 83.7 Å². The van der Waals surface area contributed by atoms with Gasteiger partial charge in [-0.05, 0) is 56.0 Å². The van der Waals surface area contributed by atoms with Gasteiger partial charge in [0.05, 0.1) is 16.4 Å². The first-order valence-electron chi connectivity index (χ1n) is 10.9. The first-order chi connectivity index (χ1) is 16.0. The maximum absolute atomic E-state index is 12.8. The monoisotopic (exact) mass is 476 g/mol. The van der Waals surface area contributed by atoms with Crippen molar-refractivity contribution < 1.29 is 4.79 Å². The third-order valence-electron chi connectivity index (χ3n) is 5.49. The molecular weight excluding hydrogens is 452 g/mol. The van der Waals surface area contributed by atoms with Gasteiger partial charge in [-0.1, -0.05) is 77.5 Å². The predicted molar refractivity (Wildman–Crippen MR) is 137 cm³/mol. The second-order valence-corrected chi connectivity index (χ2v) is 9.41. The zero-order valence-electron chi connectivity index (χ0n) is 18.4. The highest BCUT2D eigenvalue weighted by molar-refractivity contribution is 7.09. The second kappa shape index (κ2) is 10.6. The molecule has 0 atom stereocenters. The summed E-state index contributed by atoms with van der Waals surface area (Å²) in [6, 6.07) is 25.0. The molecule has 1 amide bonds. The number of halogens is 1. The standard InChI is InChI=1S/C27H25ClN2O2S/c1-19-25(30(27(32)33-19)24-16-6-5-15-23(24)28)21-13-9-14-22(18-21)26(31)29-17-8-7-12-20-10-3-2-4-11-20/h2-6,9-11,13-16,18H,7-8,12,17H2,1H3,(H,29,31). The largest absolute Gasteiger partial charge is 0.352 e. The van der Waals surface area contributed by atoms with Crippen molar-refractivity contribution in [2.24, 2.45) is 0 Å². The first-order valence-corrected chi connectivity index (χ1v) is 12.1. The molecule has 1 aromatic heterocycles. The van der Waals surface area contributed by atoms with Crippen molar-refractivity contribution in [1.29, 1.82) is 0 Å². The van der Waals surface area contributed by atoms with Crippen LogP contribution >= 0.6 is 22.9 Å². The number of hydrogen-bond donors (Lipinski definition) is 1. The molecular formula is C27H25ClN2O2S. The summed E-state index contributed by atoms with van der Waals surface area (Å²) < 4.78 is 1.63. The van der Waals surface area contributed by atoms with E-state index in [0.717, 1.165) is 35.4 Å². The topological polar surface area (TPSA) is 51.1 Å². The number of para-hydroxylation sites is 1. The molecule has 0 saturated heterocycles. The number of amides is 1. The number of carbonyl (C=O) groups excluding carboxylic acids is 1. The minimum Gasteiger partial charge on any atom is -0.352 e. The van der Waals surface area contributed by atoms with Crippen LogP contribution in [0, 0.1) is 6.92 Å². The second-order valence-electron chi connectivity index (χ2n) is 7.84. The van der Waals surface area contributed by atoms with E-state index in [9.17, 15) is 9.59 Å². The van der Waals surface area contributed by atoms with Crippen molar-refractivity contribution in [2.75, 3.05) is 6.54 Å². The lowest BCUT2D eigenvalue weighted by Gasteiger charge is -2.12. The van der Waals surface area contributed by atoms with E-state index in [-0.39, 0.29) is 10.8 Å². The Kier molecular flexibility index (Phi) is 7.43. The molecule has 168 valence electrons. The van der Waals surface area contributed by atoms with E-state index in [0.29, 0.717) is 22.8 Å². The zero-order chi connectivity index (χ0) is 23.2. The molecule has 3 aromatic carbocycles. The van der Waals surface area contributed by atoms with E-state index in [4.69, 9.17) is 11.6 Å². The molecule has 1 N–H and O–H groups in total. The Labute approximate surface area is 202 Å². The van der Waals surface area contributed by atoms with Crippen molar-refractivity contribution in [3.63, 3.8) is 0 Å². The van der Waals surface area contributed by atoms with Gasteiger partial charge in [-0.3, -0.25) is 14.2 Å². The zero-order valence-corrected chi connectivity index (χ0v) is 20.0. The maximum Gasteiger partial charge on any atom is 0.312 e. The van der Waals surface area contributed by atoms with Crippen LogP contribution in [-0.2, 0) is 6.42 Å². The average Bonchev–Trinajstić information content (AvgIpc) is 3.13. The van der Waals surface area contributed by atoms with Crippen LogP contribution in [0.4, 0.5) is 0 Å². The number of rotatable bonds is 8. The summed E-state index contributed by atoms with van der Waals surface area (Å²) in [5.74, 6) is -0.115. The number of benzene rings is 3. The fourth-order valence-electron chi connectivity index (χ4n) is 3.87. The van der Waals surface area contributed by atoms with E-state index in [2.05, 4.69) is 17.4 Å². The SMILES string of the molecule is Cc1sc(=O)n(-c2ccccc2Cl)c1-c1cccc(C(=O)NCCCCc2ccccc2)c1. The molecule has 4 aromatic rings. The number of nitrogens with one attached hydrogen (secondary N) is 1. The molecule has 4 nitrogen and oxygen atoms in total. The van der Waals surface area contributed by atoms with Gasteiger partial charge in [0.15, 0.2) is 0 Å². The minimum atomic E-state index is -0.115. The van der Waals surface area contributed by atoms with Gasteiger partial charge in [-0.15, -0.1) is 0 Å². The third-order valence-corrected chi connectivity index (χ3v) is 6.67. The summed E-state index contributed by atoms with van der Waals surface area (Å²) >= 11 is 7.56. The Hall–Kier alpha value is -3.15. The molecule has 1 heterocycles. The lowest BCUT2D eigenvalue weighted by atomic mass is 10.1. The van der Waals surface area contributed by atoms with Gasteiger partial charge >= 0.3 is 4.87 Å². The highest BCUT2D eigenvalue weighted by Gasteiger charge is 2.18. The number of unbranched alkanes of at least 4 members (excludes halogenated alkanes) is 1. The minimum absolute atomic E-state index is 0.108. The van der Waals surface area contributed by atoms with E-state index < -0.39 is 0 Å². The van der Waals surface area contributed by atoms with Crippen molar-refractivity contribution >= 4 is 28.8 Å². The molecule has 0 bridgehead atoms. The number of thiazole rings is 1. The van der Waals surface area contributed by atoms with Gasteiger partial charge in [0, 0.05) is 22.5 Å². The van der Waals surface area contributed by atoms with E-state index in [1.54, 1.807) is 16.7 Å². The smallest absolute Gasteiger partial charge is 0.312 e. The van der Waals surface area contributed by atoms with E-state index >= 15 is 0 Å². The Morgan fingerprint density at radius 2 is 1.73 bits per heavy atom. The average molecular weight is 477 g/mol. The lowest BCUT2D eigenvalue weighted by Crippen LogP contribution is -2.24. The Morgan fingerprint density at radius 1 is 0.970 bits per heavy atom. The molecule has 0 aliphatic rings. The lowest BCUT2D eigenvalue weighted by molar-refractivity contribution is 0.0953. The van der Waals surface area contributed by atoms with E-state index in [1.807, 2.05) is 61.5 Å². The first kappa shape index (κ1) is 23.0. The van der Waals surface area contributed by atoms with Crippen LogP contribution in [-0.4, -0.2) is 17.0 Å². The van der Waals surface area contributed by atoms with Crippen molar-refractivity contribution in [1.82, 2.24) is 9.88 Å². The summed E-state index contributed by atoms with van der Waals surface area (Å²) in [5, 5.41) is 3.52. The molecule has 0 unspecified atom stereocenters. The summed E-state index contributed by atoms with van der Waals surface area (Å²) in [4.78, 5) is 26.3. The van der Waals surface area contributed by atoms with Gasteiger partial charge in [0.25, 0.3) is 5.91 Å². The van der Waals surface area contributed by atoms with Crippen molar-refractivity contribution in [3.8, 4) is 16.9 Å². The Morgan fingerprint density at radius 3 is 2.52 bits per heavy atom. The number of hydrogen-bond acceptors (Lipinski definition) is 3. The molecule has 6 heteroatoms.